The van der Waals surface area contributed by atoms with E-state index in [0.29, 0.717) is 0 Å². The zero-order chi connectivity index (χ0) is 14.5. The molecule has 106 valence electrons. The molecule has 0 spiro atoms. The molecule has 1 aromatic carbocycles. The minimum absolute atomic E-state index is 0.820. The molecule has 0 atom stereocenters. The van der Waals surface area contributed by atoms with Gasteiger partial charge in [-0.3, -0.25) is 0 Å². The van der Waals surface area contributed by atoms with Gasteiger partial charge in [0, 0.05) is 30.7 Å². The summed E-state index contributed by atoms with van der Waals surface area (Å²) in [6, 6.07) is 8.35. The lowest BCUT2D eigenvalue weighted by Crippen LogP contribution is -2.20. The largest absolute Gasteiger partial charge is 0.373 e. The lowest BCUT2D eigenvalue weighted by molar-refractivity contribution is 0.871. The van der Waals surface area contributed by atoms with E-state index >= 15 is 0 Å². The molecule has 0 radical (unpaired) electrons. The molecule has 0 saturated carbocycles. The van der Waals surface area contributed by atoms with Crippen LogP contribution in [0, 0.1) is 0 Å². The van der Waals surface area contributed by atoms with Crippen LogP contribution in [0.1, 0.15) is 18.1 Å². The Morgan fingerprint density at radius 3 is 2.50 bits per heavy atom. The Morgan fingerprint density at radius 1 is 1.20 bits per heavy atom. The number of anilines is 2. The lowest BCUT2D eigenvalue weighted by atomic mass is 10.1. The molecule has 1 aromatic heterocycles. The van der Waals surface area contributed by atoms with Crippen molar-refractivity contribution in [2.75, 3.05) is 24.3 Å². The molecule has 0 fully saturated rings. The van der Waals surface area contributed by atoms with E-state index in [4.69, 9.17) is 0 Å². The van der Waals surface area contributed by atoms with Gasteiger partial charge in [-0.05, 0) is 24.1 Å². The zero-order valence-electron chi connectivity index (χ0n) is 12.0. The molecular weight excluding hydrogens is 316 g/mol. The quantitative estimate of drug-likeness (QED) is 0.908. The Balaban J connectivity index is 2.24. The Kier molecular flexibility index (Phi) is 4.95. The molecule has 0 saturated heterocycles. The average molecular weight is 335 g/mol. The first-order valence-corrected chi connectivity index (χ1v) is 7.42. The first-order valence-electron chi connectivity index (χ1n) is 6.63. The number of rotatable bonds is 5. The molecule has 0 unspecified atom stereocenters. The summed E-state index contributed by atoms with van der Waals surface area (Å²) in [6.45, 7) is 2.94. The highest BCUT2D eigenvalue weighted by Crippen LogP contribution is 2.24. The standard InChI is InChI=1S/C15H19BrN4/c1-4-13-14(17-2)18-10-19-15(13)20(3)9-11-5-7-12(16)8-6-11/h5-8,10H,4,9H2,1-3H3,(H,17,18,19). The van der Waals surface area contributed by atoms with E-state index in [1.807, 2.05) is 7.05 Å². The van der Waals surface area contributed by atoms with Gasteiger partial charge in [0.2, 0.25) is 0 Å². The minimum Gasteiger partial charge on any atom is -0.373 e. The fourth-order valence-corrected chi connectivity index (χ4v) is 2.48. The predicted octanol–water partition coefficient (Wildman–Crippen LogP) is 3.48. The Bertz CT molecular complexity index is 569. The van der Waals surface area contributed by atoms with E-state index in [1.54, 1.807) is 6.33 Å². The van der Waals surface area contributed by atoms with Crippen LogP contribution >= 0.6 is 15.9 Å². The number of nitrogens with zero attached hydrogens (tertiary/aromatic N) is 3. The summed E-state index contributed by atoms with van der Waals surface area (Å²) in [5, 5.41) is 3.13. The summed E-state index contributed by atoms with van der Waals surface area (Å²) in [6.07, 6.45) is 2.51. The second-order valence-electron chi connectivity index (χ2n) is 4.61. The summed E-state index contributed by atoms with van der Waals surface area (Å²) >= 11 is 3.46. The van der Waals surface area contributed by atoms with E-state index < -0.39 is 0 Å². The van der Waals surface area contributed by atoms with Gasteiger partial charge in [-0.15, -0.1) is 0 Å². The van der Waals surface area contributed by atoms with Gasteiger partial charge in [-0.1, -0.05) is 35.0 Å². The normalized spacial score (nSPS) is 10.4. The first kappa shape index (κ1) is 14.8. The van der Waals surface area contributed by atoms with Crippen LogP contribution in [0.25, 0.3) is 0 Å². The molecule has 2 aromatic rings. The molecule has 0 aliphatic rings. The highest BCUT2D eigenvalue weighted by molar-refractivity contribution is 9.10. The van der Waals surface area contributed by atoms with Crippen LogP contribution in [0.4, 0.5) is 11.6 Å². The summed E-state index contributed by atoms with van der Waals surface area (Å²) in [7, 11) is 3.95. The number of hydrogen-bond acceptors (Lipinski definition) is 4. The molecule has 1 N–H and O–H groups in total. The molecule has 20 heavy (non-hydrogen) atoms. The third kappa shape index (κ3) is 3.28. The minimum atomic E-state index is 0.820. The fraction of sp³-hybridized carbons (Fsp3) is 0.333. The second kappa shape index (κ2) is 6.70. The van der Waals surface area contributed by atoms with Crippen molar-refractivity contribution in [1.29, 1.82) is 0 Å². The Morgan fingerprint density at radius 2 is 1.90 bits per heavy atom. The fourth-order valence-electron chi connectivity index (χ4n) is 2.21. The molecule has 4 nitrogen and oxygen atoms in total. The molecule has 2 rings (SSSR count). The van der Waals surface area contributed by atoms with Crippen molar-refractivity contribution in [1.82, 2.24) is 9.97 Å². The Hall–Kier alpha value is -1.62. The maximum absolute atomic E-state index is 4.44. The summed E-state index contributed by atoms with van der Waals surface area (Å²) in [5.41, 5.74) is 2.40. The number of benzene rings is 1. The summed E-state index contributed by atoms with van der Waals surface area (Å²) < 4.78 is 1.10. The van der Waals surface area contributed by atoms with Gasteiger partial charge in [-0.2, -0.15) is 0 Å². The monoisotopic (exact) mass is 334 g/mol. The predicted molar refractivity (Wildman–Crippen MR) is 87.2 cm³/mol. The van der Waals surface area contributed by atoms with E-state index in [1.165, 1.54) is 5.56 Å². The smallest absolute Gasteiger partial charge is 0.137 e. The van der Waals surface area contributed by atoms with Crippen molar-refractivity contribution < 1.29 is 0 Å². The van der Waals surface area contributed by atoms with Crippen molar-refractivity contribution in [3.63, 3.8) is 0 Å². The van der Waals surface area contributed by atoms with E-state index in [9.17, 15) is 0 Å². The van der Waals surface area contributed by atoms with Crippen LogP contribution in [0.2, 0.25) is 0 Å². The molecule has 1 heterocycles. The van der Waals surface area contributed by atoms with Crippen LogP contribution < -0.4 is 10.2 Å². The zero-order valence-corrected chi connectivity index (χ0v) is 13.6. The highest BCUT2D eigenvalue weighted by atomic mass is 79.9. The lowest BCUT2D eigenvalue weighted by Gasteiger charge is -2.22. The molecule has 0 bridgehead atoms. The second-order valence-corrected chi connectivity index (χ2v) is 5.53. The SMILES string of the molecule is CCc1c(NC)ncnc1N(C)Cc1ccc(Br)cc1. The topological polar surface area (TPSA) is 41.1 Å². The molecule has 0 aliphatic carbocycles. The van der Waals surface area contributed by atoms with E-state index in [-0.39, 0.29) is 0 Å². The van der Waals surface area contributed by atoms with Gasteiger partial charge in [-0.25, -0.2) is 9.97 Å². The van der Waals surface area contributed by atoms with E-state index in [2.05, 4.69) is 74.4 Å². The van der Waals surface area contributed by atoms with Crippen LogP contribution in [0.3, 0.4) is 0 Å². The molecular formula is C15H19BrN4. The maximum Gasteiger partial charge on any atom is 0.137 e. The summed E-state index contributed by atoms with van der Waals surface area (Å²) in [4.78, 5) is 10.9. The highest BCUT2D eigenvalue weighted by Gasteiger charge is 2.12. The van der Waals surface area contributed by atoms with Crippen molar-refractivity contribution in [2.45, 2.75) is 19.9 Å². The Labute approximate surface area is 128 Å². The van der Waals surface area contributed by atoms with Crippen LogP contribution in [0.5, 0.6) is 0 Å². The molecule has 0 amide bonds. The van der Waals surface area contributed by atoms with Crippen molar-refractivity contribution >= 4 is 27.6 Å². The first-order chi connectivity index (χ1) is 9.65. The van der Waals surface area contributed by atoms with Gasteiger partial charge in [0.15, 0.2) is 0 Å². The van der Waals surface area contributed by atoms with Gasteiger partial charge < -0.3 is 10.2 Å². The average Bonchev–Trinajstić information content (AvgIpc) is 2.48. The van der Waals surface area contributed by atoms with E-state index in [0.717, 1.165) is 34.6 Å². The van der Waals surface area contributed by atoms with Crippen molar-refractivity contribution in [2.24, 2.45) is 0 Å². The summed E-state index contributed by atoms with van der Waals surface area (Å²) in [5.74, 6) is 1.88. The van der Waals surface area contributed by atoms with Crippen LogP contribution in [-0.2, 0) is 13.0 Å². The number of nitrogens with one attached hydrogen (secondary N) is 1. The van der Waals surface area contributed by atoms with Gasteiger partial charge in [0.05, 0.1) is 0 Å². The van der Waals surface area contributed by atoms with Gasteiger partial charge in [0.1, 0.15) is 18.0 Å². The maximum atomic E-state index is 4.44. The van der Waals surface area contributed by atoms with Crippen molar-refractivity contribution in [3.05, 3.63) is 46.2 Å². The van der Waals surface area contributed by atoms with Crippen LogP contribution in [-0.4, -0.2) is 24.1 Å². The number of hydrogen-bond donors (Lipinski definition) is 1. The number of aromatic nitrogens is 2. The van der Waals surface area contributed by atoms with Gasteiger partial charge in [0.25, 0.3) is 0 Å². The third-order valence-corrected chi connectivity index (χ3v) is 3.74. The van der Waals surface area contributed by atoms with Crippen LogP contribution in [0.15, 0.2) is 35.1 Å². The number of halogens is 1. The van der Waals surface area contributed by atoms with Crippen molar-refractivity contribution in [3.8, 4) is 0 Å². The molecule has 0 aliphatic heterocycles. The third-order valence-electron chi connectivity index (χ3n) is 3.21. The van der Waals surface area contributed by atoms with Gasteiger partial charge >= 0.3 is 0 Å². The molecule has 5 heteroatoms.